The summed E-state index contributed by atoms with van der Waals surface area (Å²) in [5.41, 5.74) is 7.55. The fourth-order valence-electron chi connectivity index (χ4n) is 2.91. The van der Waals surface area contributed by atoms with Crippen molar-refractivity contribution in [2.45, 2.75) is 46.6 Å². The normalized spacial score (nSPS) is 29.6. The Morgan fingerprint density at radius 1 is 1.47 bits per heavy atom. The molecule has 1 saturated carbocycles. The monoisotopic (exact) mass is 207 g/mol. The number of anilines is 1. The molecule has 1 aromatic heterocycles. The number of aromatic nitrogens is 2. The number of hydrogen-bond acceptors (Lipinski definition) is 2. The maximum Gasteiger partial charge on any atom is 0.124 e. The van der Waals surface area contributed by atoms with Gasteiger partial charge in [0.1, 0.15) is 5.82 Å². The van der Waals surface area contributed by atoms with Crippen LogP contribution >= 0.6 is 0 Å². The van der Waals surface area contributed by atoms with Crippen LogP contribution in [-0.2, 0) is 0 Å². The van der Waals surface area contributed by atoms with Crippen molar-refractivity contribution in [2.75, 3.05) is 5.73 Å². The molecule has 84 valence electrons. The minimum absolute atomic E-state index is 0.427. The highest BCUT2D eigenvalue weighted by atomic mass is 15.3. The van der Waals surface area contributed by atoms with Crippen LogP contribution in [-0.4, -0.2) is 9.78 Å². The molecule has 1 aliphatic carbocycles. The summed E-state index contributed by atoms with van der Waals surface area (Å²) in [4.78, 5) is 0. The number of nitrogen functional groups attached to an aromatic ring is 1. The molecule has 1 aliphatic rings. The highest BCUT2D eigenvalue weighted by Gasteiger charge is 2.38. The molecule has 2 atom stereocenters. The predicted octanol–water partition coefficient (Wildman–Crippen LogP) is 2.77. The van der Waals surface area contributed by atoms with E-state index in [1.165, 1.54) is 12.8 Å². The van der Waals surface area contributed by atoms with Crippen molar-refractivity contribution in [3.8, 4) is 0 Å². The molecular weight excluding hydrogens is 186 g/mol. The van der Waals surface area contributed by atoms with Crippen molar-refractivity contribution in [1.29, 1.82) is 0 Å². The lowest BCUT2D eigenvalue weighted by atomic mass is 9.91. The van der Waals surface area contributed by atoms with Crippen molar-refractivity contribution in [3.63, 3.8) is 0 Å². The van der Waals surface area contributed by atoms with E-state index in [-0.39, 0.29) is 0 Å². The minimum Gasteiger partial charge on any atom is -0.384 e. The van der Waals surface area contributed by atoms with Crippen LogP contribution < -0.4 is 5.73 Å². The van der Waals surface area contributed by atoms with E-state index in [2.05, 4.69) is 25.9 Å². The largest absolute Gasteiger partial charge is 0.384 e. The molecule has 2 rings (SSSR count). The van der Waals surface area contributed by atoms with Crippen LogP contribution in [0.1, 0.15) is 45.2 Å². The number of rotatable bonds is 1. The zero-order valence-electron chi connectivity index (χ0n) is 10.1. The first-order valence-corrected chi connectivity index (χ1v) is 5.70. The second-order valence-corrected chi connectivity index (χ2v) is 5.77. The van der Waals surface area contributed by atoms with Gasteiger partial charge >= 0.3 is 0 Å². The molecule has 0 bridgehead atoms. The van der Waals surface area contributed by atoms with E-state index in [0.717, 1.165) is 11.4 Å². The Bertz CT molecular complexity index is 365. The van der Waals surface area contributed by atoms with Crippen LogP contribution in [0.4, 0.5) is 5.82 Å². The fourth-order valence-corrected chi connectivity index (χ4v) is 2.91. The van der Waals surface area contributed by atoms with E-state index in [1.54, 1.807) is 0 Å². The van der Waals surface area contributed by atoms with E-state index < -0.39 is 0 Å². The average molecular weight is 207 g/mol. The second kappa shape index (κ2) is 3.26. The SMILES string of the molecule is Cc1cnn(C2CC(C)(C)CC2C)c1N. The van der Waals surface area contributed by atoms with Crippen LogP contribution in [0, 0.1) is 18.3 Å². The molecule has 0 amide bonds. The van der Waals surface area contributed by atoms with Crippen LogP contribution in [0.5, 0.6) is 0 Å². The summed E-state index contributed by atoms with van der Waals surface area (Å²) in [7, 11) is 0. The fraction of sp³-hybridized carbons (Fsp3) is 0.750. The Morgan fingerprint density at radius 2 is 2.13 bits per heavy atom. The summed E-state index contributed by atoms with van der Waals surface area (Å²) in [5, 5.41) is 4.40. The molecule has 1 heterocycles. The van der Waals surface area contributed by atoms with Gasteiger partial charge in [-0.15, -0.1) is 0 Å². The standard InChI is InChI=1S/C12H21N3/c1-8-5-12(3,4)6-10(8)15-11(13)9(2)7-14-15/h7-8,10H,5-6,13H2,1-4H3. The third kappa shape index (κ3) is 1.75. The quantitative estimate of drug-likeness (QED) is 0.769. The summed E-state index contributed by atoms with van der Waals surface area (Å²) >= 11 is 0. The third-order valence-corrected chi connectivity index (χ3v) is 3.63. The van der Waals surface area contributed by atoms with Crippen molar-refractivity contribution in [2.24, 2.45) is 11.3 Å². The summed E-state index contributed by atoms with van der Waals surface area (Å²) < 4.78 is 2.02. The molecule has 15 heavy (non-hydrogen) atoms. The van der Waals surface area contributed by atoms with Crippen LogP contribution in [0.25, 0.3) is 0 Å². The molecule has 2 N–H and O–H groups in total. The molecule has 3 heteroatoms. The molecule has 0 spiro atoms. The topological polar surface area (TPSA) is 43.8 Å². The van der Waals surface area contributed by atoms with Gasteiger partial charge in [0.15, 0.2) is 0 Å². The number of hydrogen-bond donors (Lipinski definition) is 1. The van der Waals surface area contributed by atoms with E-state index in [4.69, 9.17) is 5.73 Å². The van der Waals surface area contributed by atoms with Crippen LogP contribution in [0.3, 0.4) is 0 Å². The minimum atomic E-state index is 0.427. The maximum atomic E-state index is 6.03. The summed E-state index contributed by atoms with van der Waals surface area (Å²) in [6, 6.07) is 0.480. The number of nitrogens with two attached hydrogens (primary N) is 1. The molecule has 0 radical (unpaired) electrons. The van der Waals surface area contributed by atoms with Gasteiger partial charge in [0, 0.05) is 5.56 Å². The molecule has 3 nitrogen and oxygen atoms in total. The summed E-state index contributed by atoms with van der Waals surface area (Å²) in [5.74, 6) is 1.51. The molecule has 0 aliphatic heterocycles. The first kappa shape index (κ1) is 10.5. The van der Waals surface area contributed by atoms with Gasteiger partial charge < -0.3 is 5.73 Å². The van der Waals surface area contributed by atoms with Gasteiger partial charge in [0.25, 0.3) is 0 Å². The van der Waals surface area contributed by atoms with Gasteiger partial charge in [0.05, 0.1) is 12.2 Å². The Labute approximate surface area is 91.7 Å². The first-order chi connectivity index (χ1) is 6.91. The number of nitrogens with zero attached hydrogens (tertiary/aromatic N) is 2. The van der Waals surface area contributed by atoms with Crippen LogP contribution in [0.2, 0.25) is 0 Å². The summed E-state index contributed by atoms with van der Waals surface area (Å²) in [6.07, 6.45) is 4.31. The molecule has 0 saturated heterocycles. The zero-order valence-corrected chi connectivity index (χ0v) is 10.1. The smallest absolute Gasteiger partial charge is 0.124 e. The van der Waals surface area contributed by atoms with E-state index in [1.807, 2.05) is 17.8 Å². The number of aryl methyl sites for hydroxylation is 1. The van der Waals surface area contributed by atoms with Crippen LogP contribution in [0.15, 0.2) is 6.20 Å². The van der Waals surface area contributed by atoms with Gasteiger partial charge in [-0.05, 0) is 31.1 Å². The van der Waals surface area contributed by atoms with Gasteiger partial charge in [-0.2, -0.15) is 5.10 Å². The highest BCUT2D eigenvalue weighted by molar-refractivity contribution is 5.37. The van der Waals surface area contributed by atoms with Crippen molar-refractivity contribution < 1.29 is 0 Å². The second-order valence-electron chi connectivity index (χ2n) is 5.77. The van der Waals surface area contributed by atoms with E-state index >= 15 is 0 Å². The Kier molecular flexibility index (Phi) is 2.28. The Morgan fingerprint density at radius 3 is 2.53 bits per heavy atom. The van der Waals surface area contributed by atoms with E-state index in [9.17, 15) is 0 Å². The van der Waals surface area contributed by atoms with Crippen molar-refractivity contribution in [3.05, 3.63) is 11.8 Å². The van der Waals surface area contributed by atoms with Crippen molar-refractivity contribution in [1.82, 2.24) is 9.78 Å². The molecular formula is C12H21N3. The van der Waals surface area contributed by atoms with E-state index in [0.29, 0.717) is 17.4 Å². The van der Waals surface area contributed by atoms with Gasteiger partial charge in [-0.25, -0.2) is 4.68 Å². The zero-order chi connectivity index (χ0) is 11.2. The average Bonchev–Trinajstić information content (AvgIpc) is 2.55. The lowest BCUT2D eigenvalue weighted by Crippen LogP contribution is -2.16. The third-order valence-electron chi connectivity index (χ3n) is 3.63. The Hall–Kier alpha value is -0.990. The molecule has 1 fully saturated rings. The van der Waals surface area contributed by atoms with Crippen molar-refractivity contribution >= 4 is 5.82 Å². The Balaban J connectivity index is 2.29. The van der Waals surface area contributed by atoms with Gasteiger partial charge in [-0.1, -0.05) is 20.8 Å². The summed E-state index contributed by atoms with van der Waals surface area (Å²) in [6.45, 7) is 8.98. The molecule has 0 aromatic carbocycles. The first-order valence-electron chi connectivity index (χ1n) is 5.70. The van der Waals surface area contributed by atoms with Gasteiger partial charge in [0.2, 0.25) is 0 Å². The predicted molar refractivity (Wildman–Crippen MR) is 62.6 cm³/mol. The molecule has 1 aromatic rings. The molecule has 2 unspecified atom stereocenters. The van der Waals surface area contributed by atoms with Gasteiger partial charge in [-0.3, -0.25) is 0 Å². The lowest BCUT2D eigenvalue weighted by molar-refractivity contribution is 0.350. The lowest BCUT2D eigenvalue weighted by Gasteiger charge is -2.18. The highest BCUT2D eigenvalue weighted by Crippen LogP contribution is 2.47. The maximum absolute atomic E-state index is 6.03.